The van der Waals surface area contributed by atoms with Crippen molar-refractivity contribution in [1.82, 2.24) is 14.3 Å². The van der Waals surface area contributed by atoms with E-state index in [1.54, 1.807) is 49.1 Å². The van der Waals surface area contributed by atoms with Crippen LogP contribution in [0.15, 0.2) is 45.5 Å². The van der Waals surface area contributed by atoms with Crippen molar-refractivity contribution in [3.8, 4) is 0 Å². The maximum Gasteiger partial charge on any atom is 0.338 e. The third-order valence-corrected chi connectivity index (χ3v) is 7.08. The van der Waals surface area contributed by atoms with Crippen molar-refractivity contribution in [2.75, 3.05) is 7.11 Å². The highest BCUT2D eigenvalue weighted by Crippen LogP contribution is 2.32. The van der Waals surface area contributed by atoms with Gasteiger partial charge in [0.1, 0.15) is 6.04 Å². The minimum absolute atomic E-state index is 0.290. The second kappa shape index (κ2) is 8.11. The van der Waals surface area contributed by atoms with E-state index in [9.17, 15) is 9.59 Å². The zero-order chi connectivity index (χ0) is 22.4. The third kappa shape index (κ3) is 3.54. The second-order valence-corrected chi connectivity index (χ2v) is 8.82. The molecule has 10 heteroatoms. The molecule has 31 heavy (non-hydrogen) atoms. The molecule has 1 aromatic carbocycles. The lowest BCUT2D eigenvalue weighted by Crippen LogP contribution is -2.40. The van der Waals surface area contributed by atoms with Gasteiger partial charge in [0.05, 0.1) is 39.2 Å². The summed E-state index contributed by atoms with van der Waals surface area (Å²) in [6, 6.07) is 4.52. The SMILES string of the molecule is COC(=O)C1=C(C)N=c2s/c(=C/c3cccc(Cl)c3Cl)c(=O)n2[C@H]1c1cnn(C)c1C. The highest BCUT2D eigenvalue weighted by Gasteiger charge is 2.35. The average molecular weight is 477 g/mol. The van der Waals surface area contributed by atoms with Crippen LogP contribution in [-0.4, -0.2) is 27.4 Å². The molecule has 0 saturated carbocycles. The first kappa shape index (κ1) is 21.5. The number of benzene rings is 1. The predicted octanol–water partition coefficient (Wildman–Crippen LogP) is 2.76. The van der Waals surface area contributed by atoms with Gasteiger partial charge >= 0.3 is 5.97 Å². The number of thiazole rings is 1. The molecule has 160 valence electrons. The minimum Gasteiger partial charge on any atom is -0.466 e. The Bertz CT molecular complexity index is 1430. The molecular weight excluding hydrogens is 459 g/mol. The van der Waals surface area contributed by atoms with Gasteiger partial charge in [0.15, 0.2) is 4.80 Å². The fourth-order valence-corrected chi connectivity index (χ4v) is 4.94. The van der Waals surface area contributed by atoms with E-state index >= 15 is 0 Å². The Kier molecular flexibility index (Phi) is 5.63. The second-order valence-electron chi connectivity index (χ2n) is 7.03. The number of carbonyl (C=O) groups is 1. The summed E-state index contributed by atoms with van der Waals surface area (Å²) in [4.78, 5) is 31.1. The fourth-order valence-electron chi connectivity index (χ4n) is 3.54. The number of ether oxygens (including phenoxy) is 1. The molecule has 0 N–H and O–H groups in total. The van der Waals surface area contributed by atoms with Crippen LogP contribution in [0.1, 0.15) is 29.8 Å². The van der Waals surface area contributed by atoms with Gasteiger partial charge in [0.25, 0.3) is 5.56 Å². The van der Waals surface area contributed by atoms with E-state index in [2.05, 4.69) is 10.1 Å². The molecule has 1 atom stereocenters. The van der Waals surface area contributed by atoms with E-state index in [1.807, 2.05) is 6.92 Å². The zero-order valence-electron chi connectivity index (χ0n) is 17.1. The van der Waals surface area contributed by atoms with Crippen LogP contribution in [0.5, 0.6) is 0 Å². The number of methoxy groups -OCH3 is 1. The van der Waals surface area contributed by atoms with Crippen molar-refractivity contribution >= 4 is 46.6 Å². The van der Waals surface area contributed by atoms with Crippen molar-refractivity contribution in [3.05, 3.63) is 82.2 Å². The largest absolute Gasteiger partial charge is 0.466 e. The molecule has 0 bridgehead atoms. The number of aryl methyl sites for hydroxylation is 1. The number of fused-ring (bicyclic) bond motifs is 1. The predicted molar refractivity (Wildman–Crippen MR) is 120 cm³/mol. The Morgan fingerprint density at radius 3 is 2.68 bits per heavy atom. The summed E-state index contributed by atoms with van der Waals surface area (Å²) in [5.74, 6) is -0.540. The van der Waals surface area contributed by atoms with Crippen LogP contribution < -0.4 is 14.9 Å². The molecule has 7 nitrogen and oxygen atoms in total. The highest BCUT2D eigenvalue weighted by atomic mass is 35.5. The first-order chi connectivity index (χ1) is 14.7. The summed E-state index contributed by atoms with van der Waals surface area (Å²) in [5, 5.41) is 5.05. The summed E-state index contributed by atoms with van der Waals surface area (Å²) in [6.45, 7) is 3.62. The van der Waals surface area contributed by atoms with Gasteiger partial charge in [-0.1, -0.05) is 46.7 Å². The van der Waals surface area contributed by atoms with Gasteiger partial charge < -0.3 is 4.74 Å². The van der Waals surface area contributed by atoms with Crippen LogP contribution in [0.4, 0.5) is 0 Å². The van der Waals surface area contributed by atoms with Crippen LogP contribution in [0.2, 0.25) is 10.0 Å². The van der Waals surface area contributed by atoms with Gasteiger partial charge in [-0.05, 0) is 31.6 Å². The molecule has 0 aliphatic carbocycles. The van der Waals surface area contributed by atoms with Crippen LogP contribution in [-0.2, 0) is 16.6 Å². The summed E-state index contributed by atoms with van der Waals surface area (Å²) < 4.78 is 8.64. The lowest BCUT2D eigenvalue weighted by atomic mass is 9.96. The molecule has 0 saturated heterocycles. The number of nitrogens with zero attached hydrogens (tertiary/aromatic N) is 4. The number of hydrogen-bond acceptors (Lipinski definition) is 6. The number of carbonyl (C=O) groups excluding carboxylic acids is 1. The maximum absolute atomic E-state index is 13.5. The Morgan fingerprint density at radius 1 is 1.29 bits per heavy atom. The molecule has 0 fully saturated rings. The van der Waals surface area contributed by atoms with Gasteiger partial charge in [-0.2, -0.15) is 5.10 Å². The van der Waals surface area contributed by atoms with Gasteiger partial charge in [0, 0.05) is 18.3 Å². The molecule has 4 rings (SSSR count). The lowest BCUT2D eigenvalue weighted by molar-refractivity contribution is -0.136. The number of hydrogen-bond donors (Lipinski definition) is 0. The van der Waals surface area contributed by atoms with Crippen molar-refractivity contribution < 1.29 is 9.53 Å². The minimum atomic E-state index is -0.700. The molecule has 3 aromatic rings. The monoisotopic (exact) mass is 476 g/mol. The topological polar surface area (TPSA) is 78.5 Å². The van der Waals surface area contributed by atoms with Crippen molar-refractivity contribution in [2.24, 2.45) is 12.0 Å². The third-order valence-electron chi connectivity index (χ3n) is 5.26. The van der Waals surface area contributed by atoms with E-state index in [-0.39, 0.29) is 5.56 Å². The molecule has 1 aliphatic rings. The van der Waals surface area contributed by atoms with E-state index in [0.29, 0.717) is 36.2 Å². The normalized spacial score (nSPS) is 16.3. The molecule has 2 aromatic heterocycles. The zero-order valence-corrected chi connectivity index (χ0v) is 19.5. The van der Waals surface area contributed by atoms with Gasteiger partial charge in [-0.3, -0.25) is 14.0 Å². The standard InChI is InChI=1S/C21H18Cl2N4O3S/c1-10-16(20(29)30-4)18(13-9-24-26(3)11(13)2)27-19(28)15(31-21(27)25-10)8-12-6-5-7-14(22)17(12)23/h5-9,18H,1-4H3/b15-8+/t18-/m0/s1. The number of aromatic nitrogens is 3. The summed E-state index contributed by atoms with van der Waals surface area (Å²) in [5.41, 5.74) is 2.69. The lowest BCUT2D eigenvalue weighted by Gasteiger charge is -2.23. The quantitative estimate of drug-likeness (QED) is 0.544. The number of allylic oxidation sites excluding steroid dienone is 1. The fraction of sp³-hybridized carbons (Fsp3) is 0.238. The summed E-state index contributed by atoms with van der Waals surface area (Å²) >= 11 is 13.6. The van der Waals surface area contributed by atoms with Crippen molar-refractivity contribution in [1.29, 1.82) is 0 Å². The molecule has 1 aliphatic heterocycles. The van der Waals surface area contributed by atoms with Crippen LogP contribution in [0, 0.1) is 6.92 Å². The van der Waals surface area contributed by atoms with E-state index in [0.717, 1.165) is 11.3 Å². The Labute approximate surface area is 191 Å². The van der Waals surface area contributed by atoms with Crippen molar-refractivity contribution in [3.63, 3.8) is 0 Å². The summed E-state index contributed by atoms with van der Waals surface area (Å²) in [7, 11) is 3.11. The van der Waals surface area contributed by atoms with Gasteiger partial charge in [0.2, 0.25) is 0 Å². The van der Waals surface area contributed by atoms with E-state index in [4.69, 9.17) is 27.9 Å². The molecule has 0 spiro atoms. The Balaban J connectivity index is 2.02. The van der Waals surface area contributed by atoms with Gasteiger partial charge in [-0.15, -0.1) is 0 Å². The average Bonchev–Trinajstić information content (AvgIpc) is 3.23. The molecule has 3 heterocycles. The van der Waals surface area contributed by atoms with E-state index < -0.39 is 12.0 Å². The number of rotatable bonds is 3. The van der Waals surface area contributed by atoms with Crippen molar-refractivity contribution in [2.45, 2.75) is 19.9 Å². The van der Waals surface area contributed by atoms with Crippen LogP contribution in [0.25, 0.3) is 6.08 Å². The number of halogens is 2. The molecule has 0 radical (unpaired) electrons. The van der Waals surface area contributed by atoms with E-state index in [1.165, 1.54) is 23.0 Å². The molecular formula is C21H18Cl2N4O3S. The number of esters is 1. The van der Waals surface area contributed by atoms with Crippen LogP contribution in [0.3, 0.4) is 0 Å². The summed E-state index contributed by atoms with van der Waals surface area (Å²) in [6.07, 6.45) is 3.34. The smallest absolute Gasteiger partial charge is 0.338 e. The Hall–Kier alpha value is -2.68. The maximum atomic E-state index is 13.5. The van der Waals surface area contributed by atoms with Gasteiger partial charge in [-0.25, -0.2) is 9.79 Å². The molecule has 0 amide bonds. The highest BCUT2D eigenvalue weighted by molar-refractivity contribution is 7.07. The first-order valence-corrected chi connectivity index (χ1v) is 10.8. The Morgan fingerprint density at radius 2 is 2.03 bits per heavy atom. The first-order valence-electron chi connectivity index (χ1n) is 9.28. The van der Waals surface area contributed by atoms with Crippen LogP contribution >= 0.6 is 34.5 Å². The molecule has 0 unspecified atom stereocenters.